The maximum Gasteiger partial charge on any atom is 0.469 e. The SMILES string of the molecule is NCC(N)COP(=O)(O)O. The normalized spacial score (nSPS) is 15.2. The van der Waals surface area contributed by atoms with Crippen LogP contribution >= 0.6 is 7.82 Å². The van der Waals surface area contributed by atoms with Crippen molar-refractivity contribution < 1.29 is 18.9 Å². The van der Waals surface area contributed by atoms with E-state index in [9.17, 15) is 4.57 Å². The molecule has 0 bridgehead atoms. The van der Waals surface area contributed by atoms with Crippen LogP contribution in [0.4, 0.5) is 0 Å². The van der Waals surface area contributed by atoms with Crippen molar-refractivity contribution in [2.75, 3.05) is 13.2 Å². The molecule has 0 amide bonds. The minimum Gasteiger partial charge on any atom is -0.329 e. The van der Waals surface area contributed by atoms with Gasteiger partial charge in [-0.2, -0.15) is 0 Å². The Labute approximate surface area is 58.4 Å². The zero-order valence-corrected chi connectivity index (χ0v) is 6.20. The third kappa shape index (κ3) is 6.15. The Morgan fingerprint density at radius 3 is 2.40 bits per heavy atom. The molecule has 0 heterocycles. The molecule has 0 fully saturated rings. The third-order valence-electron chi connectivity index (χ3n) is 0.760. The van der Waals surface area contributed by atoms with Crippen LogP contribution in [-0.4, -0.2) is 29.0 Å². The van der Waals surface area contributed by atoms with Crippen LogP contribution in [0.25, 0.3) is 0 Å². The topological polar surface area (TPSA) is 119 Å². The maximum absolute atomic E-state index is 10.0. The molecule has 0 spiro atoms. The quantitative estimate of drug-likeness (QED) is 0.376. The van der Waals surface area contributed by atoms with Crippen LogP contribution in [0.2, 0.25) is 0 Å². The van der Waals surface area contributed by atoms with Crippen molar-refractivity contribution >= 4 is 7.82 Å². The lowest BCUT2D eigenvalue weighted by Gasteiger charge is -2.09. The summed E-state index contributed by atoms with van der Waals surface area (Å²) in [6.07, 6.45) is 0. The van der Waals surface area contributed by atoms with Crippen molar-refractivity contribution in [3.63, 3.8) is 0 Å². The number of hydrogen-bond acceptors (Lipinski definition) is 4. The van der Waals surface area contributed by atoms with E-state index in [4.69, 9.17) is 21.3 Å². The summed E-state index contributed by atoms with van der Waals surface area (Å²) >= 11 is 0. The standard InChI is InChI=1S/C3H11N2O4P/c4-1-3(5)2-9-10(6,7)8/h3H,1-2,4-5H2,(H2,6,7,8). The van der Waals surface area contributed by atoms with Gasteiger partial charge in [0.25, 0.3) is 0 Å². The van der Waals surface area contributed by atoms with E-state index in [1.807, 2.05) is 0 Å². The molecule has 10 heavy (non-hydrogen) atoms. The molecule has 0 rings (SSSR count). The van der Waals surface area contributed by atoms with Crippen molar-refractivity contribution in [3.05, 3.63) is 0 Å². The third-order valence-corrected chi connectivity index (χ3v) is 1.24. The second kappa shape index (κ2) is 4.02. The number of rotatable bonds is 4. The van der Waals surface area contributed by atoms with Crippen LogP contribution in [0, 0.1) is 0 Å². The molecule has 1 atom stereocenters. The van der Waals surface area contributed by atoms with Crippen LogP contribution in [0.15, 0.2) is 0 Å². The van der Waals surface area contributed by atoms with Crippen LogP contribution < -0.4 is 11.5 Å². The molecule has 0 aliphatic heterocycles. The molecule has 0 aliphatic rings. The van der Waals surface area contributed by atoms with Gasteiger partial charge < -0.3 is 21.3 Å². The highest BCUT2D eigenvalue weighted by Gasteiger charge is 2.14. The Morgan fingerprint density at radius 1 is 1.60 bits per heavy atom. The first-order valence-electron chi connectivity index (χ1n) is 2.61. The van der Waals surface area contributed by atoms with Gasteiger partial charge in [0.15, 0.2) is 0 Å². The molecule has 7 heteroatoms. The van der Waals surface area contributed by atoms with E-state index in [0.717, 1.165) is 0 Å². The van der Waals surface area contributed by atoms with Gasteiger partial charge in [-0.05, 0) is 0 Å². The first kappa shape index (κ1) is 10.0. The molecule has 0 aliphatic carbocycles. The average molecular weight is 170 g/mol. The lowest BCUT2D eigenvalue weighted by atomic mass is 10.3. The second-order valence-electron chi connectivity index (χ2n) is 1.78. The summed E-state index contributed by atoms with van der Waals surface area (Å²) in [5.74, 6) is 0. The van der Waals surface area contributed by atoms with E-state index in [-0.39, 0.29) is 13.2 Å². The van der Waals surface area contributed by atoms with E-state index in [1.54, 1.807) is 0 Å². The zero-order valence-electron chi connectivity index (χ0n) is 5.30. The van der Waals surface area contributed by atoms with Crippen molar-refractivity contribution in [2.45, 2.75) is 6.04 Å². The lowest BCUT2D eigenvalue weighted by molar-refractivity contribution is 0.187. The van der Waals surface area contributed by atoms with Gasteiger partial charge in [0.05, 0.1) is 6.61 Å². The Bertz CT molecular complexity index is 134. The van der Waals surface area contributed by atoms with E-state index in [2.05, 4.69) is 4.52 Å². The summed E-state index contributed by atoms with van der Waals surface area (Å²) in [7, 11) is -4.37. The Morgan fingerprint density at radius 2 is 2.10 bits per heavy atom. The molecular formula is C3H11N2O4P. The predicted octanol–water partition coefficient (Wildman–Crippen LogP) is -1.62. The van der Waals surface area contributed by atoms with Gasteiger partial charge in [-0.3, -0.25) is 4.52 Å². The fraction of sp³-hybridized carbons (Fsp3) is 1.00. The first-order chi connectivity index (χ1) is 4.45. The summed E-state index contributed by atoms with van der Waals surface area (Å²) in [5.41, 5.74) is 10.2. The maximum atomic E-state index is 10.0. The summed E-state index contributed by atoms with van der Waals surface area (Å²) in [6.45, 7) is -0.0826. The minimum atomic E-state index is -4.37. The summed E-state index contributed by atoms with van der Waals surface area (Å²) in [6, 6.07) is -0.521. The Hall–Kier alpha value is 0.0300. The molecule has 6 N–H and O–H groups in total. The van der Waals surface area contributed by atoms with Gasteiger partial charge in [0, 0.05) is 12.6 Å². The van der Waals surface area contributed by atoms with E-state index in [0.29, 0.717) is 0 Å². The fourth-order valence-electron chi connectivity index (χ4n) is 0.261. The van der Waals surface area contributed by atoms with Gasteiger partial charge in [-0.15, -0.1) is 0 Å². The molecule has 0 aromatic rings. The summed E-state index contributed by atoms with van der Waals surface area (Å²) < 4.78 is 14.1. The van der Waals surface area contributed by atoms with Crippen LogP contribution in [0.3, 0.4) is 0 Å². The van der Waals surface area contributed by atoms with Crippen LogP contribution in [0.5, 0.6) is 0 Å². The molecule has 0 saturated carbocycles. The predicted molar refractivity (Wildman–Crippen MR) is 35.0 cm³/mol. The van der Waals surface area contributed by atoms with E-state index < -0.39 is 13.9 Å². The lowest BCUT2D eigenvalue weighted by Crippen LogP contribution is -2.33. The molecule has 0 aromatic heterocycles. The molecular weight excluding hydrogens is 159 g/mol. The van der Waals surface area contributed by atoms with Crippen LogP contribution in [0.1, 0.15) is 0 Å². The zero-order chi connectivity index (χ0) is 8.20. The Balaban J connectivity index is 3.46. The fourth-order valence-corrected chi connectivity index (χ4v) is 0.647. The second-order valence-corrected chi connectivity index (χ2v) is 3.02. The Kier molecular flexibility index (Phi) is 4.04. The molecule has 1 unspecified atom stereocenters. The van der Waals surface area contributed by atoms with Gasteiger partial charge in [0.1, 0.15) is 0 Å². The van der Waals surface area contributed by atoms with Gasteiger partial charge in [0.2, 0.25) is 0 Å². The highest BCUT2D eigenvalue weighted by atomic mass is 31.2. The average Bonchev–Trinajstić information content (AvgIpc) is 1.81. The molecule has 0 radical (unpaired) electrons. The van der Waals surface area contributed by atoms with E-state index >= 15 is 0 Å². The van der Waals surface area contributed by atoms with Crippen molar-refractivity contribution in [3.8, 4) is 0 Å². The number of phosphoric ester groups is 1. The summed E-state index contributed by atoms with van der Waals surface area (Å²) in [4.78, 5) is 16.3. The van der Waals surface area contributed by atoms with Crippen molar-refractivity contribution in [1.29, 1.82) is 0 Å². The highest BCUT2D eigenvalue weighted by molar-refractivity contribution is 7.46. The summed E-state index contributed by atoms with van der Waals surface area (Å²) in [5, 5.41) is 0. The number of nitrogens with two attached hydrogens (primary N) is 2. The minimum absolute atomic E-state index is 0.139. The van der Waals surface area contributed by atoms with Crippen molar-refractivity contribution in [2.24, 2.45) is 11.5 Å². The number of hydrogen-bond donors (Lipinski definition) is 4. The monoisotopic (exact) mass is 170 g/mol. The molecule has 62 valence electrons. The number of phosphoric acid groups is 1. The van der Waals surface area contributed by atoms with E-state index in [1.165, 1.54) is 0 Å². The smallest absolute Gasteiger partial charge is 0.329 e. The first-order valence-corrected chi connectivity index (χ1v) is 4.14. The van der Waals surface area contributed by atoms with Crippen LogP contribution in [-0.2, 0) is 9.09 Å². The largest absolute Gasteiger partial charge is 0.469 e. The molecule has 6 nitrogen and oxygen atoms in total. The van der Waals surface area contributed by atoms with Gasteiger partial charge in [-0.1, -0.05) is 0 Å². The molecule has 0 aromatic carbocycles. The van der Waals surface area contributed by atoms with Gasteiger partial charge >= 0.3 is 7.82 Å². The van der Waals surface area contributed by atoms with Crippen molar-refractivity contribution in [1.82, 2.24) is 0 Å². The van der Waals surface area contributed by atoms with Gasteiger partial charge in [-0.25, -0.2) is 4.57 Å². The highest BCUT2D eigenvalue weighted by Crippen LogP contribution is 2.35. The molecule has 0 saturated heterocycles.